The van der Waals surface area contributed by atoms with Crippen molar-refractivity contribution in [2.45, 2.75) is 4.90 Å². The third kappa shape index (κ3) is 5.62. The van der Waals surface area contributed by atoms with E-state index in [1.165, 1.54) is 18.2 Å². The SMILES string of the molecule is O=C([N-]S(=O)(=O)c1ccc(Oc2ccccc2)nc1)c1ccc(Br)cc1F.[Na+]. The van der Waals surface area contributed by atoms with Crippen molar-refractivity contribution in [3.05, 3.63) is 87.4 Å². The first kappa shape index (κ1) is 22.5. The molecule has 6 nitrogen and oxygen atoms in total. The quantitative estimate of drug-likeness (QED) is 0.527. The van der Waals surface area contributed by atoms with Crippen LogP contribution >= 0.6 is 15.9 Å². The molecule has 0 atom stereocenters. The van der Waals surface area contributed by atoms with E-state index >= 15 is 0 Å². The molecular weight excluding hydrogens is 462 g/mol. The van der Waals surface area contributed by atoms with E-state index in [0.717, 1.165) is 18.3 Å². The standard InChI is InChI=1S/C18H12BrFN2O4S.Na/c19-12-6-8-15(16(20)10-12)18(23)22-27(24,25)14-7-9-17(21-11-14)26-13-4-2-1-3-5-13;/h1-11H,(H,22,23);/q;+1/p-1. The van der Waals surface area contributed by atoms with Gasteiger partial charge in [-0.25, -0.2) is 17.8 Å². The second-order valence-electron chi connectivity index (χ2n) is 5.24. The number of ether oxygens (including phenoxy) is 1. The molecule has 0 spiro atoms. The molecule has 0 saturated heterocycles. The van der Waals surface area contributed by atoms with Gasteiger partial charge >= 0.3 is 29.6 Å². The first-order valence-electron chi connectivity index (χ1n) is 7.51. The maximum Gasteiger partial charge on any atom is 1.00 e. The molecule has 0 fully saturated rings. The van der Waals surface area contributed by atoms with E-state index in [0.29, 0.717) is 10.2 Å². The Hall–Kier alpha value is -1.78. The van der Waals surface area contributed by atoms with Crippen LogP contribution in [-0.2, 0) is 10.0 Å². The Balaban J connectivity index is 0.00000280. The van der Waals surface area contributed by atoms with Crippen LogP contribution in [0.25, 0.3) is 4.72 Å². The Morgan fingerprint density at radius 3 is 2.39 bits per heavy atom. The molecule has 0 bridgehead atoms. The predicted octanol–water partition coefficient (Wildman–Crippen LogP) is 1.68. The van der Waals surface area contributed by atoms with E-state index in [4.69, 9.17) is 4.74 Å². The fraction of sp³-hybridized carbons (Fsp3) is 0. The maximum absolute atomic E-state index is 13.8. The van der Waals surface area contributed by atoms with E-state index < -0.39 is 27.3 Å². The number of halogens is 2. The van der Waals surface area contributed by atoms with Gasteiger partial charge in [-0.3, -0.25) is 0 Å². The molecule has 28 heavy (non-hydrogen) atoms. The zero-order valence-corrected chi connectivity index (χ0v) is 18.9. The largest absolute Gasteiger partial charge is 1.00 e. The van der Waals surface area contributed by atoms with Gasteiger partial charge in [0.05, 0.1) is 10.8 Å². The second-order valence-corrected chi connectivity index (χ2v) is 7.76. The molecule has 1 amide bonds. The zero-order valence-electron chi connectivity index (χ0n) is 14.5. The number of aromatic nitrogens is 1. The van der Waals surface area contributed by atoms with Crippen molar-refractivity contribution >= 4 is 31.9 Å². The fourth-order valence-corrected chi connectivity index (χ4v) is 3.24. The van der Waals surface area contributed by atoms with Crippen LogP contribution in [0.2, 0.25) is 0 Å². The van der Waals surface area contributed by atoms with E-state index in [1.54, 1.807) is 24.3 Å². The second kappa shape index (κ2) is 9.62. The molecule has 0 radical (unpaired) electrons. The summed E-state index contributed by atoms with van der Waals surface area (Å²) in [5, 5.41) is 0. The van der Waals surface area contributed by atoms with E-state index in [-0.39, 0.29) is 40.3 Å². The summed E-state index contributed by atoms with van der Waals surface area (Å²) < 4.78 is 47.4. The molecular formula is C18H11BrFN2NaO4S. The summed E-state index contributed by atoms with van der Waals surface area (Å²) in [5.74, 6) is -1.38. The molecule has 1 aromatic heterocycles. The average molecular weight is 473 g/mol. The molecule has 2 aromatic carbocycles. The number of hydrogen-bond donors (Lipinski definition) is 0. The van der Waals surface area contributed by atoms with E-state index in [9.17, 15) is 17.6 Å². The number of sulfonamides is 1. The third-order valence-corrected chi connectivity index (χ3v) is 5.07. The van der Waals surface area contributed by atoms with Crippen molar-refractivity contribution in [2.75, 3.05) is 0 Å². The number of benzene rings is 2. The Labute approximate surface area is 191 Å². The molecule has 3 aromatic rings. The Morgan fingerprint density at radius 1 is 1.07 bits per heavy atom. The minimum atomic E-state index is -4.35. The number of nitrogens with zero attached hydrogens (tertiary/aromatic N) is 2. The summed E-state index contributed by atoms with van der Waals surface area (Å²) in [6, 6.07) is 15.0. The van der Waals surface area contributed by atoms with Gasteiger partial charge < -0.3 is 14.3 Å². The van der Waals surface area contributed by atoms with Crippen molar-refractivity contribution in [3.63, 3.8) is 0 Å². The first-order valence-corrected chi connectivity index (χ1v) is 9.75. The fourth-order valence-electron chi connectivity index (χ4n) is 2.06. The molecule has 3 rings (SSSR count). The third-order valence-electron chi connectivity index (χ3n) is 3.34. The zero-order chi connectivity index (χ0) is 19.4. The van der Waals surface area contributed by atoms with Crippen LogP contribution in [-0.4, -0.2) is 19.3 Å². The first-order chi connectivity index (χ1) is 12.8. The van der Waals surface area contributed by atoms with Gasteiger partial charge in [0.25, 0.3) is 0 Å². The van der Waals surface area contributed by atoms with Gasteiger partial charge in [-0.2, -0.15) is 0 Å². The summed E-state index contributed by atoms with van der Waals surface area (Å²) in [6.07, 6.45) is 1.02. The predicted molar refractivity (Wildman–Crippen MR) is 99.7 cm³/mol. The van der Waals surface area contributed by atoms with E-state index in [1.807, 2.05) is 6.07 Å². The minimum absolute atomic E-state index is 0. The van der Waals surface area contributed by atoms with Crippen LogP contribution in [0.15, 0.2) is 76.2 Å². The number of rotatable bonds is 5. The normalized spacial score (nSPS) is 10.6. The smallest absolute Gasteiger partial charge is 0.537 e. The number of amides is 1. The molecule has 0 saturated carbocycles. The molecule has 0 unspecified atom stereocenters. The van der Waals surface area contributed by atoms with Crippen molar-refractivity contribution in [1.82, 2.24) is 4.98 Å². The summed E-state index contributed by atoms with van der Waals surface area (Å²) in [5.41, 5.74) is -0.446. The van der Waals surface area contributed by atoms with Crippen LogP contribution in [0, 0.1) is 5.82 Å². The Morgan fingerprint density at radius 2 is 1.79 bits per heavy atom. The number of pyridine rings is 1. The molecule has 10 heteroatoms. The molecule has 1 heterocycles. The van der Waals surface area contributed by atoms with Gasteiger partial charge in [-0.1, -0.05) is 34.1 Å². The minimum Gasteiger partial charge on any atom is -0.537 e. The molecule has 0 aliphatic heterocycles. The van der Waals surface area contributed by atoms with Crippen LogP contribution in [0.5, 0.6) is 11.6 Å². The van der Waals surface area contributed by atoms with Gasteiger partial charge in [0, 0.05) is 22.3 Å². The van der Waals surface area contributed by atoms with Gasteiger partial charge in [-0.05, 0) is 36.4 Å². The van der Waals surface area contributed by atoms with E-state index in [2.05, 4.69) is 25.6 Å². The van der Waals surface area contributed by atoms with Crippen molar-refractivity contribution in [3.8, 4) is 11.6 Å². The number of para-hydroxylation sites is 1. The van der Waals surface area contributed by atoms with Crippen LogP contribution < -0.4 is 34.3 Å². The topological polar surface area (TPSA) is 87.4 Å². The maximum atomic E-state index is 13.8. The van der Waals surface area contributed by atoms with Gasteiger partial charge in [0.1, 0.15) is 21.6 Å². The van der Waals surface area contributed by atoms with Crippen molar-refractivity contribution in [1.29, 1.82) is 0 Å². The van der Waals surface area contributed by atoms with Crippen LogP contribution in [0.4, 0.5) is 4.39 Å². The van der Waals surface area contributed by atoms with Gasteiger partial charge in [0.15, 0.2) is 0 Å². The summed E-state index contributed by atoms with van der Waals surface area (Å²) in [7, 11) is -4.35. The molecule has 0 aliphatic carbocycles. The van der Waals surface area contributed by atoms with Crippen LogP contribution in [0.1, 0.15) is 10.4 Å². The average Bonchev–Trinajstić information content (AvgIpc) is 2.62. The summed E-state index contributed by atoms with van der Waals surface area (Å²) >= 11 is 3.05. The van der Waals surface area contributed by atoms with Crippen LogP contribution in [0.3, 0.4) is 0 Å². The Bertz CT molecular complexity index is 1080. The van der Waals surface area contributed by atoms with Gasteiger partial charge in [-0.15, -0.1) is 0 Å². The molecule has 0 N–H and O–H groups in total. The molecule has 0 aliphatic rings. The van der Waals surface area contributed by atoms with Crippen molar-refractivity contribution in [2.24, 2.45) is 0 Å². The van der Waals surface area contributed by atoms with Crippen molar-refractivity contribution < 1.29 is 51.9 Å². The number of carbonyl (C=O) groups is 1. The monoisotopic (exact) mass is 472 g/mol. The molecule has 138 valence electrons. The van der Waals surface area contributed by atoms with Gasteiger partial charge in [0.2, 0.25) is 5.88 Å². The summed E-state index contributed by atoms with van der Waals surface area (Å²) in [4.78, 5) is 15.6. The number of hydrogen-bond acceptors (Lipinski definition) is 5. The summed E-state index contributed by atoms with van der Waals surface area (Å²) in [6.45, 7) is 0. The Kier molecular flexibility index (Phi) is 7.73. The number of carbonyl (C=O) groups excluding carboxylic acids is 1.